The Morgan fingerprint density at radius 3 is 2.52 bits per heavy atom. The van der Waals surface area contributed by atoms with E-state index in [0.717, 1.165) is 22.3 Å². The fraction of sp³-hybridized carbons (Fsp3) is 0.182. The number of nitrogens with zero attached hydrogens (tertiary/aromatic N) is 1. The summed E-state index contributed by atoms with van der Waals surface area (Å²) in [5.74, 6) is -0.636. The molecule has 5 N–H and O–H groups in total. The molecular formula is C22H22N4O. The Morgan fingerprint density at radius 2 is 1.89 bits per heavy atom. The number of hydrogen-bond acceptors (Lipinski definition) is 4. The lowest BCUT2D eigenvalue weighted by molar-refractivity contribution is 0.382. The minimum Gasteiger partial charge on any atom is -0.434 e. The second kappa shape index (κ2) is 7.38. The van der Waals surface area contributed by atoms with Crippen LogP contribution >= 0.6 is 0 Å². The first-order valence-electron chi connectivity index (χ1n) is 8.65. The normalized spacial score (nSPS) is 18.7. The Bertz CT molecular complexity index is 997. The molecule has 2 aromatic carbocycles. The lowest BCUT2D eigenvalue weighted by Crippen LogP contribution is -2.29. The lowest BCUT2D eigenvalue weighted by atomic mass is 9.82. The van der Waals surface area contributed by atoms with Crippen molar-refractivity contribution in [3.63, 3.8) is 0 Å². The zero-order valence-electron chi connectivity index (χ0n) is 15.4. The molecule has 1 aliphatic rings. The minimum absolute atomic E-state index is 0.0313. The Labute approximate surface area is 159 Å². The highest BCUT2D eigenvalue weighted by atomic mass is 16.5. The topological polar surface area (TPSA) is 89.5 Å². The van der Waals surface area contributed by atoms with Crippen molar-refractivity contribution in [2.75, 3.05) is 0 Å². The molecule has 1 unspecified atom stereocenters. The molecule has 27 heavy (non-hydrogen) atoms. The Morgan fingerprint density at radius 1 is 1.19 bits per heavy atom. The third-order valence-electron chi connectivity index (χ3n) is 4.71. The molecule has 0 fully saturated rings. The van der Waals surface area contributed by atoms with Gasteiger partial charge in [-0.15, -0.1) is 0 Å². The molecule has 1 aliphatic heterocycles. The van der Waals surface area contributed by atoms with Gasteiger partial charge in [-0.05, 0) is 30.5 Å². The van der Waals surface area contributed by atoms with E-state index < -0.39 is 5.92 Å². The van der Waals surface area contributed by atoms with Gasteiger partial charge in [0.25, 0.3) is 0 Å². The van der Waals surface area contributed by atoms with E-state index >= 15 is 0 Å². The molecular weight excluding hydrogens is 336 g/mol. The van der Waals surface area contributed by atoms with Gasteiger partial charge in [-0.2, -0.15) is 0 Å². The molecule has 136 valence electrons. The van der Waals surface area contributed by atoms with Gasteiger partial charge in [0.05, 0.1) is 12.5 Å². The van der Waals surface area contributed by atoms with Gasteiger partial charge in [0.2, 0.25) is 11.6 Å². The van der Waals surface area contributed by atoms with Crippen molar-refractivity contribution in [1.82, 2.24) is 0 Å². The van der Waals surface area contributed by atoms with Crippen LogP contribution in [0.2, 0.25) is 0 Å². The van der Waals surface area contributed by atoms with E-state index in [1.807, 2.05) is 56.3 Å². The van der Waals surface area contributed by atoms with Gasteiger partial charge in [0, 0.05) is 17.7 Å². The van der Waals surface area contributed by atoms with Crippen LogP contribution in [0, 0.1) is 25.8 Å². The summed E-state index contributed by atoms with van der Waals surface area (Å²) in [4.78, 5) is 3.62. The summed E-state index contributed by atoms with van der Waals surface area (Å²) in [6, 6.07) is 15.8. The van der Waals surface area contributed by atoms with Crippen molar-refractivity contribution in [1.29, 1.82) is 5.41 Å². The molecule has 0 saturated carbocycles. The van der Waals surface area contributed by atoms with E-state index in [1.54, 1.807) is 0 Å². The average Bonchev–Trinajstić information content (AvgIpc) is 2.62. The number of nitrogens with two attached hydrogens (primary N) is 2. The third kappa shape index (κ3) is 3.56. The number of hydrogen-bond donors (Lipinski definition) is 3. The average molecular weight is 358 g/mol. The van der Waals surface area contributed by atoms with E-state index in [9.17, 15) is 0 Å². The van der Waals surface area contributed by atoms with Crippen LogP contribution in [0.4, 0.5) is 0 Å². The first-order chi connectivity index (χ1) is 12.9. The van der Waals surface area contributed by atoms with Gasteiger partial charge >= 0.3 is 0 Å². The van der Waals surface area contributed by atoms with Crippen LogP contribution < -0.4 is 11.5 Å². The van der Waals surface area contributed by atoms with Crippen LogP contribution in [0.5, 0.6) is 0 Å². The van der Waals surface area contributed by atoms with Gasteiger partial charge in [-0.3, -0.25) is 5.41 Å². The van der Waals surface area contributed by atoms with Gasteiger partial charge in [-0.25, -0.2) is 4.85 Å². The van der Waals surface area contributed by atoms with Crippen LogP contribution in [0.3, 0.4) is 0 Å². The monoisotopic (exact) mass is 358 g/mol. The molecule has 0 aliphatic carbocycles. The largest absolute Gasteiger partial charge is 0.434 e. The van der Waals surface area contributed by atoms with Crippen molar-refractivity contribution >= 4 is 5.90 Å². The maximum absolute atomic E-state index is 8.35. The quantitative estimate of drug-likeness (QED) is 0.727. The number of nitrogens with one attached hydrogen (secondary N) is 1. The number of rotatable bonds is 3. The van der Waals surface area contributed by atoms with Crippen molar-refractivity contribution in [2.45, 2.75) is 26.2 Å². The first-order valence-corrected chi connectivity index (χ1v) is 8.65. The maximum Gasteiger partial charge on any atom is 0.235 e. The predicted molar refractivity (Wildman–Crippen MR) is 107 cm³/mol. The number of benzene rings is 2. The molecule has 1 heterocycles. The van der Waals surface area contributed by atoms with E-state index in [1.165, 1.54) is 0 Å². The van der Waals surface area contributed by atoms with Gasteiger partial charge in [-0.1, -0.05) is 54.1 Å². The van der Waals surface area contributed by atoms with Crippen LogP contribution in [0.25, 0.3) is 4.85 Å². The summed E-state index contributed by atoms with van der Waals surface area (Å²) in [5, 5.41) is 8.35. The minimum atomic E-state index is -0.506. The molecule has 0 spiro atoms. The van der Waals surface area contributed by atoms with Gasteiger partial charge in [0.15, 0.2) is 5.88 Å². The first kappa shape index (κ1) is 18.3. The third-order valence-corrected chi connectivity index (χ3v) is 4.71. The maximum atomic E-state index is 8.35. The van der Waals surface area contributed by atoms with Crippen LogP contribution in [-0.4, -0.2) is 5.90 Å². The molecule has 0 radical (unpaired) electrons. The summed E-state index contributed by atoms with van der Waals surface area (Å²) < 4.78 is 5.37. The fourth-order valence-corrected chi connectivity index (χ4v) is 3.44. The zero-order valence-corrected chi connectivity index (χ0v) is 15.4. The highest BCUT2D eigenvalue weighted by Gasteiger charge is 2.36. The number of allylic oxidation sites excluding steroid dienone is 2. The lowest BCUT2D eigenvalue weighted by Gasteiger charge is -2.29. The van der Waals surface area contributed by atoms with E-state index in [4.69, 9.17) is 28.2 Å². The second-order valence-corrected chi connectivity index (χ2v) is 6.69. The molecule has 0 aromatic heterocycles. The van der Waals surface area contributed by atoms with E-state index in [-0.39, 0.29) is 17.5 Å². The summed E-state index contributed by atoms with van der Waals surface area (Å²) in [6.07, 6.45) is 0.467. The summed E-state index contributed by atoms with van der Waals surface area (Å²) in [6.45, 7) is 11.6. The molecule has 0 bridgehead atoms. The van der Waals surface area contributed by atoms with Crippen molar-refractivity contribution < 1.29 is 4.74 Å². The van der Waals surface area contributed by atoms with Crippen LogP contribution in [-0.2, 0) is 11.2 Å². The Balaban J connectivity index is 2.19. The summed E-state index contributed by atoms with van der Waals surface area (Å²) in [7, 11) is 0. The summed E-state index contributed by atoms with van der Waals surface area (Å²) >= 11 is 0. The highest BCUT2D eigenvalue weighted by Crippen LogP contribution is 2.41. The standard InChI is InChI=1S/C22H22N4O/c1-13-9-10-16(14(2)11-13)18-19(21(24)27-22(25)20(18)26-3)17(23)12-15-7-5-4-6-8-15/h4-11,18,24H,12,23,25H2,1-2H3. The fourth-order valence-electron chi connectivity index (χ4n) is 3.44. The Hall–Kier alpha value is -3.52. The molecule has 0 amide bonds. The molecule has 5 nitrogen and oxygen atoms in total. The van der Waals surface area contributed by atoms with Crippen molar-refractivity contribution in [3.05, 3.63) is 105 Å². The number of aryl methyl sites for hydroxylation is 2. The van der Waals surface area contributed by atoms with E-state index in [0.29, 0.717) is 17.7 Å². The van der Waals surface area contributed by atoms with Crippen LogP contribution in [0.15, 0.2) is 71.4 Å². The van der Waals surface area contributed by atoms with Crippen LogP contribution in [0.1, 0.15) is 28.2 Å². The molecule has 1 atom stereocenters. The van der Waals surface area contributed by atoms with Gasteiger partial charge < -0.3 is 16.2 Å². The molecule has 2 aromatic rings. The zero-order chi connectivity index (χ0) is 19.6. The second-order valence-electron chi connectivity index (χ2n) is 6.69. The molecule has 5 heteroatoms. The predicted octanol–water partition coefficient (Wildman–Crippen LogP) is 3.90. The number of ether oxygens (including phenoxy) is 1. The molecule has 0 saturated heterocycles. The van der Waals surface area contributed by atoms with Gasteiger partial charge in [0.1, 0.15) is 0 Å². The molecule has 3 rings (SSSR count). The van der Waals surface area contributed by atoms with Crippen molar-refractivity contribution in [3.8, 4) is 0 Å². The summed E-state index contributed by atoms with van der Waals surface area (Å²) in [5.41, 5.74) is 17.7. The SMILES string of the molecule is [C-]#[N+]C1=C(N)OC(=N)C(=C(N)Cc2ccccc2)C1c1ccc(C)cc1C. The Kier molecular flexibility index (Phi) is 5.00. The van der Waals surface area contributed by atoms with Crippen molar-refractivity contribution in [2.24, 2.45) is 11.5 Å². The highest BCUT2D eigenvalue weighted by molar-refractivity contribution is 5.96. The smallest absolute Gasteiger partial charge is 0.235 e. The van der Waals surface area contributed by atoms with E-state index in [2.05, 4.69) is 10.9 Å².